The number of rotatable bonds is 5. The van der Waals surface area contributed by atoms with E-state index >= 15 is 0 Å². The third kappa shape index (κ3) is 3.38. The number of carbonyl (C=O) groups excluding carboxylic acids is 1. The maximum atomic E-state index is 13.2. The summed E-state index contributed by atoms with van der Waals surface area (Å²) >= 11 is 3.26. The number of aromatic nitrogens is 1. The Morgan fingerprint density at radius 2 is 1.96 bits per heavy atom. The van der Waals surface area contributed by atoms with Crippen LogP contribution in [0.5, 0.6) is 0 Å². The Hall–Kier alpha value is -2.37. The Morgan fingerprint density at radius 1 is 1.08 bits per heavy atom. The number of nitrogens with zero attached hydrogens (tertiary/aromatic N) is 2. The molecule has 3 nitrogen and oxygen atoms in total. The zero-order chi connectivity index (χ0) is 17.2. The fourth-order valence-corrected chi connectivity index (χ4v) is 4.64. The van der Waals surface area contributed by atoms with Gasteiger partial charge in [-0.2, -0.15) is 0 Å². The standard InChI is InChI=1S/C20H18N2OS2/c1-21-10-4-7-16(21)13-22(14-17-8-5-11-24-17)20(23)19-12-15-6-2-3-9-18(15)25-19/h2-12H,13-14H2,1H3. The van der Waals surface area contributed by atoms with Gasteiger partial charge in [0.15, 0.2) is 0 Å². The molecule has 0 aliphatic rings. The van der Waals surface area contributed by atoms with Crippen LogP contribution >= 0.6 is 22.7 Å². The van der Waals surface area contributed by atoms with Crippen LogP contribution < -0.4 is 0 Å². The first-order valence-electron chi connectivity index (χ1n) is 8.11. The zero-order valence-electron chi connectivity index (χ0n) is 13.9. The van der Waals surface area contributed by atoms with E-state index in [0.29, 0.717) is 13.1 Å². The highest BCUT2D eigenvalue weighted by molar-refractivity contribution is 7.20. The van der Waals surface area contributed by atoms with Crippen molar-refractivity contribution in [2.24, 2.45) is 7.05 Å². The van der Waals surface area contributed by atoms with Gasteiger partial charge in [0, 0.05) is 28.5 Å². The molecule has 3 heterocycles. The van der Waals surface area contributed by atoms with E-state index < -0.39 is 0 Å². The second kappa shape index (κ2) is 6.86. The largest absolute Gasteiger partial charge is 0.353 e. The number of fused-ring (bicyclic) bond motifs is 1. The Balaban J connectivity index is 1.65. The van der Waals surface area contributed by atoms with Gasteiger partial charge >= 0.3 is 0 Å². The number of hydrogen-bond acceptors (Lipinski definition) is 3. The highest BCUT2D eigenvalue weighted by Crippen LogP contribution is 2.27. The zero-order valence-corrected chi connectivity index (χ0v) is 15.5. The Labute approximate surface area is 154 Å². The van der Waals surface area contributed by atoms with Gasteiger partial charge in [0.1, 0.15) is 0 Å². The molecule has 1 amide bonds. The molecule has 126 valence electrons. The molecule has 0 atom stereocenters. The predicted molar refractivity (Wildman–Crippen MR) is 105 cm³/mol. The van der Waals surface area contributed by atoms with Crippen molar-refractivity contribution in [1.29, 1.82) is 0 Å². The highest BCUT2D eigenvalue weighted by Gasteiger charge is 2.20. The van der Waals surface area contributed by atoms with Gasteiger partial charge in [0.2, 0.25) is 0 Å². The minimum Gasteiger partial charge on any atom is -0.353 e. The van der Waals surface area contributed by atoms with Crippen LogP contribution in [0, 0.1) is 0 Å². The van der Waals surface area contributed by atoms with Crippen LogP contribution in [0.25, 0.3) is 10.1 Å². The number of thiophene rings is 2. The van der Waals surface area contributed by atoms with E-state index in [4.69, 9.17) is 0 Å². The van der Waals surface area contributed by atoms with Crippen molar-refractivity contribution in [2.75, 3.05) is 0 Å². The van der Waals surface area contributed by atoms with Gasteiger partial charge in [0.05, 0.1) is 18.0 Å². The molecule has 0 radical (unpaired) electrons. The van der Waals surface area contributed by atoms with Gasteiger partial charge in [-0.1, -0.05) is 24.3 Å². The molecule has 25 heavy (non-hydrogen) atoms. The molecule has 5 heteroatoms. The summed E-state index contributed by atoms with van der Waals surface area (Å²) in [6, 6.07) is 18.4. The third-order valence-corrected chi connectivity index (χ3v) is 6.22. The van der Waals surface area contributed by atoms with E-state index in [9.17, 15) is 4.79 Å². The van der Waals surface area contributed by atoms with Crippen LogP contribution in [-0.2, 0) is 20.1 Å². The fraction of sp³-hybridized carbons (Fsp3) is 0.150. The average Bonchev–Trinajstić information content (AvgIpc) is 3.35. The average molecular weight is 367 g/mol. The first kappa shape index (κ1) is 16.1. The van der Waals surface area contributed by atoms with Crippen LogP contribution in [0.2, 0.25) is 0 Å². The molecule has 0 aliphatic carbocycles. The van der Waals surface area contributed by atoms with E-state index in [-0.39, 0.29) is 5.91 Å². The quantitative estimate of drug-likeness (QED) is 0.480. The van der Waals surface area contributed by atoms with Gasteiger partial charge in [-0.25, -0.2) is 0 Å². The SMILES string of the molecule is Cn1cccc1CN(Cc1cccs1)C(=O)c1cc2ccccc2s1. The molecule has 0 spiro atoms. The normalized spacial score (nSPS) is 11.1. The number of aryl methyl sites for hydroxylation is 1. The molecule has 3 aromatic heterocycles. The minimum atomic E-state index is 0.0933. The highest BCUT2D eigenvalue weighted by atomic mass is 32.1. The maximum Gasteiger partial charge on any atom is 0.264 e. The van der Waals surface area contributed by atoms with Gasteiger partial charge in [-0.15, -0.1) is 22.7 Å². The summed E-state index contributed by atoms with van der Waals surface area (Å²) in [5.41, 5.74) is 1.13. The molecule has 1 aromatic carbocycles. The van der Waals surface area contributed by atoms with Gasteiger partial charge in [-0.3, -0.25) is 4.79 Å². The van der Waals surface area contributed by atoms with E-state index in [1.165, 1.54) is 4.88 Å². The first-order chi connectivity index (χ1) is 12.2. The number of benzene rings is 1. The minimum absolute atomic E-state index is 0.0933. The van der Waals surface area contributed by atoms with Crippen molar-refractivity contribution < 1.29 is 4.79 Å². The van der Waals surface area contributed by atoms with Crippen molar-refractivity contribution in [3.63, 3.8) is 0 Å². The van der Waals surface area contributed by atoms with E-state index in [0.717, 1.165) is 20.7 Å². The van der Waals surface area contributed by atoms with Crippen molar-refractivity contribution in [3.05, 3.63) is 81.6 Å². The summed E-state index contributed by atoms with van der Waals surface area (Å²) in [5, 5.41) is 3.19. The molecule has 0 aliphatic heterocycles. The summed E-state index contributed by atoms with van der Waals surface area (Å²) in [7, 11) is 2.02. The molecule has 4 rings (SSSR count). The van der Waals surface area contributed by atoms with Crippen LogP contribution in [0.3, 0.4) is 0 Å². The van der Waals surface area contributed by atoms with Crippen LogP contribution in [0.4, 0.5) is 0 Å². The summed E-state index contributed by atoms with van der Waals surface area (Å²) in [4.78, 5) is 17.1. The van der Waals surface area contributed by atoms with Crippen LogP contribution in [0.1, 0.15) is 20.2 Å². The van der Waals surface area contributed by atoms with Gasteiger partial charge < -0.3 is 9.47 Å². The van der Waals surface area contributed by atoms with Gasteiger partial charge in [0.25, 0.3) is 5.91 Å². The monoisotopic (exact) mass is 366 g/mol. The first-order valence-corrected chi connectivity index (χ1v) is 9.81. The number of amides is 1. The molecule has 0 unspecified atom stereocenters. The second-order valence-corrected chi connectivity index (χ2v) is 8.12. The second-order valence-electron chi connectivity index (χ2n) is 6.00. The van der Waals surface area contributed by atoms with Crippen LogP contribution in [-0.4, -0.2) is 15.4 Å². The molecular formula is C20H18N2OS2. The van der Waals surface area contributed by atoms with E-state index in [1.807, 2.05) is 48.5 Å². The Morgan fingerprint density at radius 3 is 2.68 bits per heavy atom. The Kier molecular flexibility index (Phi) is 4.42. The summed E-state index contributed by atoms with van der Waals surface area (Å²) in [6.45, 7) is 1.24. The molecule has 0 saturated heterocycles. The topological polar surface area (TPSA) is 25.2 Å². The van der Waals surface area contributed by atoms with Gasteiger partial charge in [-0.05, 0) is 41.1 Å². The Bertz CT molecular complexity index is 965. The van der Waals surface area contributed by atoms with E-state index in [2.05, 4.69) is 34.2 Å². The smallest absolute Gasteiger partial charge is 0.264 e. The number of hydrogen-bond donors (Lipinski definition) is 0. The van der Waals surface area contributed by atoms with Crippen molar-refractivity contribution >= 4 is 38.7 Å². The molecule has 4 aromatic rings. The van der Waals surface area contributed by atoms with Crippen molar-refractivity contribution in [1.82, 2.24) is 9.47 Å². The van der Waals surface area contributed by atoms with Crippen molar-refractivity contribution in [2.45, 2.75) is 13.1 Å². The molecule has 0 saturated carbocycles. The lowest BCUT2D eigenvalue weighted by Gasteiger charge is -2.22. The third-order valence-electron chi connectivity index (χ3n) is 4.25. The lowest BCUT2D eigenvalue weighted by Crippen LogP contribution is -2.30. The maximum absolute atomic E-state index is 13.2. The summed E-state index contributed by atoms with van der Waals surface area (Å²) < 4.78 is 3.22. The molecule has 0 fully saturated rings. The predicted octanol–water partition coefficient (Wildman–Crippen LogP) is 5.14. The molecule has 0 N–H and O–H groups in total. The molecular weight excluding hydrogens is 348 g/mol. The van der Waals surface area contributed by atoms with E-state index in [1.54, 1.807) is 22.7 Å². The lowest BCUT2D eigenvalue weighted by molar-refractivity contribution is 0.0733. The summed E-state index contributed by atoms with van der Waals surface area (Å²) in [6.07, 6.45) is 2.02. The number of carbonyl (C=O) groups is 1. The van der Waals surface area contributed by atoms with Crippen LogP contribution in [0.15, 0.2) is 66.2 Å². The molecule has 0 bridgehead atoms. The summed E-state index contributed by atoms with van der Waals surface area (Å²) in [5.74, 6) is 0.0933. The lowest BCUT2D eigenvalue weighted by atomic mass is 10.2. The van der Waals surface area contributed by atoms with Crippen molar-refractivity contribution in [3.8, 4) is 0 Å². The fourth-order valence-electron chi connectivity index (χ4n) is 2.89.